The highest BCUT2D eigenvalue weighted by atomic mass is 32.1. The van der Waals surface area contributed by atoms with Crippen molar-refractivity contribution in [1.82, 2.24) is 15.2 Å². The molecule has 0 saturated carbocycles. The summed E-state index contributed by atoms with van der Waals surface area (Å²) in [7, 11) is 2.07. The second kappa shape index (κ2) is 6.89. The Bertz CT molecular complexity index is 726. The van der Waals surface area contributed by atoms with Crippen molar-refractivity contribution < 1.29 is 9.18 Å². The molecule has 1 aromatic heterocycles. The monoisotopic (exact) mass is 332 g/mol. The van der Waals surface area contributed by atoms with Crippen LogP contribution in [0.4, 0.5) is 14.3 Å². The van der Waals surface area contributed by atoms with Gasteiger partial charge in [-0.15, -0.1) is 11.3 Å². The van der Waals surface area contributed by atoms with Gasteiger partial charge < -0.3 is 10.2 Å². The number of urea groups is 1. The second-order valence-electron chi connectivity index (χ2n) is 5.36. The molecule has 1 aliphatic heterocycles. The number of fused-ring (bicyclic) bond motifs is 1. The standard InChI is InChI=1S/C16H17FN4OS/c1-21-9-7-13-14(10-21)23-16(19-13)20-15(22)18-8-6-11-2-4-12(17)5-3-11/h2-6,8H,7,9-10H2,1H3,(H2,18,19,20,22)/b8-6+. The summed E-state index contributed by atoms with van der Waals surface area (Å²) >= 11 is 1.51. The van der Waals surface area contributed by atoms with E-state index in [4.69, 9.17) is 0 Å². The number of anilines is 1. The summed E-state index contributed by atoms with van der Waals surface area (Å²) < 4.78 is 12.8. The maximum atomic E-state index is 12.8. The van der Waals surface area contributed by atoms with Crippen molar-refractivity contribution in [2.24, 2.45) is 0 Å². The van der Waals surface area contributed by atoms with Crippen molar-refractivity contribution in [1.29, 1.82) is 0 Å². The smallest absolute Gasteiger partial charge is 0.314 e. The van der Waals surface area contributed by atoms with Gasteiger partial charge in [0.2, 0.25) is 0 Å². The lowest BCUT2D eigenvalue weighted by Gasteiger charge is -2.20. The van der Waals surface area contributed by atoms with E-state index in [1.807, 2.05) is 0 Å². The van der Waals surface area contributed by atoms with Crippen molar-refractivity contribution in [2.75, 3.05) is 18.9 Å². The molecule has 120 valence electrons. The first kappa shape index (κ1) is 15.6. The Hall–Kier alpha value is -2.25. The maximum Gasteiger partial charge on any atom is 0.325 e. The maximum absolute atomic E-state index is 12.8. The number of halogens is 1. The average Bonchev–Trinajstić information content (AvgIpc) is 2.90. The molecular weight excluding hydrogens is 315 g/mol. The fraction of sp³-hybridized carbons (Fsp3) is 0.250. The van der Waals surface area contributed by atoms with Gasteiger partial charge in [0, 0.05) is 30.6 Å². The molecule has 0 unspecified atom stereocenters. The topological polar surface area (TPSA) is 57.3 Å². The molecular formula is C16H17FN4OS. The molecule has 0 aliphatic carbocycles. The Labute approximate surface area is 137 Å². The van der Waals surface area contributed by atoms with E-state index >= 15 is 0 Å². The SMILES string of the molecule is CN1CCc2nc(NC(=O)N/C=C/c3ccc(F)cc3)sc2C1. The number of hydrogen-bond donors (Lipinski definition) is 2. The van der Waals surface area contributed by atoms with Crippen LogP contribution < -0.4 is 10.6 Å². The molecule has 0 fully saturated rings. The van der Waals surface area contributed by atoms with Crippen LogP contribution >= 0.6 is 11.3 Å². The molecule has 23 heavy (non-hydrogen) atoms. The highest BCUT2D eigenvalue weighted by Gasteiger charge is 2.18. The molecule has 0 radical (unpaired) electrons. The Morgan fingerprint density at radius 1 is 1.39 bits per heavy atom. The van der Waals surface area contributed by atoms with Gasteiger partial charge in [-0.05, 0) is 30.8 Å². The lowest BCUT2D eigenvalue weighted by molar-refractivity contribution is 0.255. The predicted octanol–water partition coefficient (Wildman–Crippen LogP) is 3.06. The Morgan fingerprint density at radius 2 is 2.17 bits per heavy atom. The Kier molecular flexibility index (Phi) is 4.68. The third kappa shape index (κ3) is 4.14. The van der Waals surface area contributed by atoms with Crippen LogP contribution in [0.2, 0.25) is 0 Å². The first-order chi connectivity index (χ1) is 11.1. The van der Waals surface area contributed by atoms with Gasteiger partial charge in [0.1, 0.15) is 5.82 Å². The van der Waals surface area contributed by atoms with Crippen molar-refractivity contribution in [3.63, 3.8) is 0 Å². The third-order valence-electron chi connectivity index (χ3n) is 3.50. The molecule has 1 aliphatic rings. The predicted molar refractivity (Wildman–Crippen MR) is 89.7 cm³/mol. The van der Waals surface area contributed by atoms with Crippen LogP contribution in [0.1, 0.15) is 16.1 Å². The molecule has 0 saturated heterocycles. The third-order valence-corrected chi connectivity index (χ3v) is 4.50. The molecule has 0 bridgehead atoms. The van der Waals surface area contributed by atoms with E-state index < -0.39 is 0 Å². The van der Waals surface area contributed by atoms with Crippen molar-refractivity contribution in [3.8, 4) is 0 Å². The van der Waals surface area contributed by atoms with Gasteiger partial charge in [-0.2, -0.15) is 0 Å². The minimum Gasteiger partial charge on any atom is -0.314 e. The van der Waals surface area contributed by atoms with Crippen LogP contribution in [0.3, 0.4) is 0 Å². The molecule has 3 rings (SSSR count). The zero-order valence-electron chi connectivity index (χ0n) is 12.7. The second-order valence-corrected chi connectivity index (χ2v) is 6.44. The molecule has 2 N–H and O–H groups in total. The Balaban J connectivity index is 1.54. The number of nitrogens with zero attached hydrogens (tertiary/aromatic N) is 2. The molecule has 2 aromatic rings. The number of likely N-dealkylation sites (N-methyl/N-ethyl adjacent to an activating group) is 1. The largest absolute Gasteiger partial charge is 0.325 e. The fourth-order valence-corrected chi connectivity index (χ4v) is 3.38. The van der Waals surface area contributed by atoms with E-state index in [1.54, 1.807) is 18.2 Å². The van der Waals surface area contributed by atoms with Gasteiger partial charge in [0.25, 0.3) is 0 Å². The minimum atomic E-state index is -0.345. The summed E-state index contributed by atoms with van der Waals surface area (Å²) in [6.45, 7) is 1.86. The number of nitrogens with one attached hydrogen (secondary N) is 2. The van der Waals surface area contributed by atoms with E-state index in [9.17, 15) is 9.18 Å². The number of amides is 2. The van der Waals surface area contributed by atoms with Crippen molar-refractivity contribution in [2.45, 2.75) is 13.0 Å². The van der Waals surface area contributed by atoms with Crippen LogP contribution in [-0.4, -0.2) is 29.5 Å². The van der Waals surface area contributed by atoms with Crippen LogP contribution in [0.5, 0.6) is 0 Å². The quantitative estimate of drug-likeness (QED) is 0.908. The number of rotatable bonds is 3. The molecule has 2 heterocycles. The number of aromatic nitrogens is 1. The van der Waals surface area contributed by atoms with Crippen LogP contribution in [-0.2, 0) is 13.0 Å². The van der Waals surface area contributed by atoms with Gasteiger partial charge in [0.15, 0.2) is 5.13 Å². The lowest BCUT2D eigenvalue weighted by Crippen LogP contribution is -2.25. The zero-order chi connectivity index (χ0) is 16.2. The molecule has 5 nitrogen and oxygen atoms in total. The summed E-state index contributed by atoms with van der Waals surface area (Å²) in [4.78, 5) is 19.7. The van der Waals surface area contributed by atoms with Crippen LogP contribution in [0.15, 0.2) is 30.5 Å². The fourth-order valence-electron chi connectivity index (χ4n) is 2.30. The van der Waals surface area contributed by atoms with Gasteiger partial charge in [-0.1, -0.05) is 12.1 Å². The first-order valence-corrected chi connectivity index (χ1v) is 8.08. The first-order valence-electron chi connectivity index (χ1n) is 7.27. The van der Waals surface area contributed by atoms with Gasteiger partial charge in [-0.3, -0.25) is 5.32 Å². The molecule has 0 atom stereocenters. The number of carbonyl (C=O) groups is 1. The number of thiazole rings is 1. The summed E-state index contributed by atoms with van der Waals surface area (Å²) in [5.74, 6) is -0.286. The van der Waals surface area contributed by atoms with E-state index in [1.165, 1.54) is 34.5 Å². The summed E-state index contributed by atoms with van der Waals surface area (Å²) in [5, 5.41) is 5.96. The minimum absolute atomic E-state index is 0.286. The lowest BCUT2D eigenvalue weighted by atomic mass is 10.2. The van der Waals surface area contributed by atoms with Gasteiger partial charge >= 0.3 is 6.03 Å². The zero-order valence-corrected chi connectivity index (χ0v) is 13.5. The van der Waals surface area contributed by atoms with Crippen molar-refractivity contribution in [3.05, 3.63) is 52.4 Å². The molecule has 7 heteroatoms. The van der Waals surface area contributed by atoms with Crippen LogP contribution in [0.25, 0.3) is 6.08 Å². The van der Waals surface area contributed by atoms with E-state index in [2.05, 4.69) is 27.6 Å². The number of hydrogen-bond acceptors (Lipinski definition) is 4. The van der Waals surface area contributed by atoms with Gasteiger partial charge in [0.05, 0.1) is 5.69 Å². The van der Waals surface area contributed by atoms with Crippen molar-refractivity contribution >= 4 is 28.6 Å². The number of benzene rings is 1. The summed E-state index contributed by atoms with van der Waals surface area (Å²) in [6.07, 6.45) is 4.13. The Morgan fingerprint density at radius 3 is 2.96 bits per heavy atom. The normalized spacial score (nSPS) is 14.7. The highest BCUT2D eigenvalue weighted by molar-refractivity contribution is 7.15. The molecule has 1 aromatic carbocycles. The molecule has 2 amide bonds. The summed E-state index contributed by atoms with van der Waals surface area (Å²) in [6, 6.07) is 5.67. The summed E-state index contributed by atoms with van der Waals surface area (Å²) in [5.41, 5.74) is 1.88. The van der Waals surface area contributed by atoms with E-state index in [-0.39, 0.29) is 11.8 Å². The van der Waals surface area contributed by atoms with E-state index in [0.29, 0.717) is 5.13 Å². The van der Waals surface area contributed by atoms with Crippen LogP contribution in [0, 0.1) is 5.82 Å². The number of carbonyl (C=O) groups excluding carboxylic acids is 1. The highest BCUT2D eigenvalue weighted by Crippen LogP contribution is 2.27. The molecule has 0 spiro atoms. The van der Waals surface area contributed by atoms with E-state index in [0.717, 1.165) is 30.8 Å². The average molecular weight is 332 g/mol. The van der Waals surface area contributed by atoms with Gasteiger partial charge in [-0.25, -0.2) is 14.2 Å².